The maximum atomic E-state index is 10.3. The van der Waals surface area contributed by atoms with E-state index >= 15 is 0 Å². The zero-order valence-electron chi connectivity index (χ0n) is 9.84. The molecule has 3 nitrogen and oxygen atoms in total. The minimum absolute atomic E-state index is 0.239. The number of hydrogen-bond donors (Lipinski definition) is 1. The molecule has 84 valence electrons. The van der Waals surface area contributed by atoms with Crippen molar-refractivity contribution < 1.29 is 9.90 Å². The molecule has 3 heteroatoms. The minimum atomic E-state index is -0.716. The van der Waals surface area contributed by atoms with Gasteiger partial charge in [-0.15, -0.1) is 0 Å². The van der Waals surface area contributed by atoms with E-state index in [0.29, 0.717) is 12.0 Å². The Morgan fingerprint density at radius 2 is 1.93 bits per heavy atom. The van der Waals surface area contributed by atoms with Crippen LogP contribution in [0.25, 0.3) is 0 Å². The smallest absolute Gasteiger partial charge is 0.304 e. The molecule has 0 heterocycles. The first-order valence-electron chi connectivity index (χ1n) is 5.28. The SMILES string of the molecule is CCC(C)(C)CCN(C)CCC(=O)O. The van der Waals surface area contributed by atoms with Crippen molar-refractivity contribution in [1.82, 2.24) is 4.90 Å². The van der Waals surface area contributed by atoms with Gasteiger partial charge in [-0.1, -0.05) is 27.2 Å². The van der Waals surface area contributed by atoms with Crippen molar-refractivity contribution in [3.8, 4) is 0 Å². The molecule has 0 aliphatic heterocycles. The summed E-state index contributed by atoms with van der Waals surface area (Å²) in [5.41, 5.74) is 0.373. The van der Waals surface area contributed by atoms with Crippen molar-refractivity contribution in [2.75, 3.05) is 20.1 Å². The molecule has 0 aromatic heterocycles. The summed E-state index contributed by atoms with van der Waals surface area (Å²) in [5.74, 6) is -0.716. The lowest BCUT2D eigenvalue weighted by atomic mass is 9.86. The number of hydrogen-bond acceptors (Lipinski definition) is 2. The molecule has 0 atom stereocenters. The normalized spacial score (nSPS) is 12.1. The monoisotopic (exact) mass is 201 g/mol. The number of aliphatic carboxylic acids is 1. The van der Waals surface area contributed by atoms with E-state index in [1.54, 1.807) is 0 Å². The summed E-state index contributed by atoms with van der Waals surface area (Å²) in [5, 5.41) is 8.51. The molecule has 14 heavy (non-hydrogen) atoms. The lowest BCUT2D eigenvalue weighted by Crippen LogP contribution is -2.26. The van der Waals surface area contributed by atoms with Gasteiger partial charge in [0.05, 0.1) is 6.42 Å². The maximum absolute atomic E-state index is 10.3. The second-order valence-corrected chi connectivity index (χ2v) is 4.71. The Morgan fingerprint density at radius 3 is 2.36 bits per heavy atom. The second kappa shape index (κ2) is 6.02. The van der Waals surface area contributed by atoms with Crippen molar-refractivity contribution in [3.05, 3.63) is 0 Å². The van der Waals surface area contributed by atoms with E-state index in [1.165, 1.54) is 6.42 Å². The third-order valence-electron chi connectivity index (χ3n) is 2.83. The van der Waals surface area contributed by atoms with E-state index in [-0.39, 0.29) is 6.42 Å². The molecule has 0 aliphatic rings. The lowest BCUT2D eigenvalue weighted by molar-refractivity contribution is -0.137. The Labute approximate surface area is 87.1 Å². The molecular formula is C11H23NO2. The van der Waals surface area contributed by atoms with Crippen LogP contribution in [0.1, 0.15) is 40.0 Å². The first-order valence-corrected chi connectivity index (χ1v) is 5.28. The second-order valence-electron chi connectivity index (χ2n) is 4.71. The van der Waals surface area contributed by atoms with Crippen LogP contribution in [0.5, 0.6) is 0 Å². The molecular weight excluding hydrogens is 178 g/mol. The molecule has 0 aromatic rings. The molecule has 0 saturated carbocycles. The fourth-order valence-corrected chi connectivity index (χ4v) is 1.07. The number of rotatable bonds is 7. The van der Waals surface area contributed by atoms with Gasteiger partial charge in [-0.05, 0) is 25.4 Å². The Kier molecular flexibility index (Phi) is 5.77. The van der Waals surface area contributed by atoms with Gasteiger partial charge >= 0.3 is 5.97 Å². The number of carboxylic acids is 1. The highest BCUT2D eigenvalue weighted by Crippen LogP contribution is 2.24. The molecule has 0 aliphatic carbocycles. The summed E-state index contributed by atoms with van der Waals surface area (Å²) in [4.78, 5) is 12.4. The van der Waals surface area contributed by atoms with Gasteiger partial charge in [0.25, 0.3) is 0 Å². The van der Waals surface area contributed by atoms with Gasteiger partial charge in [-0.2, -0.15) is 0 Å². The largest absolute Gasteiger partial charge is 0.481 e. The number of nitrogens with zero attached hydrogens (tertiary/aromatic N) is 1. The highest BCUT2D eigenvalue weighted by molar-refractivity contribution is 5.66. The molecule has 0 fully saturated rings. The summed E-state index contributed by atoms with van der Waals surface area (Å²) in [6, 6.07) is 0. The topological polar surface area (TPSA) is 40.5 Å². The van der Waals surface area contributed by atoms with Crippen molar-refractivity contribution in [2.45, 2.75) is 40.0 Å². The Morgan fingerprint density at radius 1 is 1.36 bits per heavy atom. The Bertz CT molecular complexity index is 178. The zero-order valence-corrected chi connectivity index (χ0v) is 9.84. The van der Waals surface area contributed by atoms with Crippen LogP contribution in [-0.2, 0) is 4.79 Å². The Balaban J connectivity index is 3.63. The van der Waals surface area contributed by atoms with Crippen LogP contribution in [-0.4, -0.2) is 36.1 Å². The predicted octanol–water partition coefficient (Wildman–Crippen LogP) is 2.22. The van der Waals surface area contributed by atoms with E-state index in [2.05, 4.69) is 25.7 Å². The van der Waals surface area contributed by atoms with Crippen LogP contribution < -0.4 is 0 Å². The summed E-state index contributed by atoms with van der Waals surface area (Å²) < 4.78 is 0. The van der Waals surface area contributed by atoms with Gasteiger partial charge in [0.2, 0.25) is 0 Å². The van der Waals surface area contributed by atoms with Crippen molar-refractivity contribution >= 4 is 5.97 Å². The van der Waals surface area contributed by atoms with Crippen LogP contribution >= 0.6 is 0 Å². The molecule has 0 radical (unpaired) electrons. The standard InChI is InChI=1S/C11H23NO2/c1-5-11(2,3)7-9-12(4)8-6-10(13)14/h5-9H2,1-4H3,(H,13,14). The van der Waals surface area contributed by atoms with E-state index in [1.807, 2.05) is 7.05 Å². The van der Waals surface area contributed by atoms with Crippen LogP contribution in [0.15, 0.2) is 0 Å². The quantitative estimate of drug-likeness (QED) is 0.686. The van der Waals surface area contributed by atoms with Crippen LogP contribution in [0.3, 0.4) is 0 Å². The van der Waals surface area contributed by atoms with E-state index in [4.69, 9.17) is 5.11 Å². The first-order chi connectivity index (χ1) is 6.37. The summed E-state index contributed by atoms with van der Waals surface area (Å²) in [6.07, 6.45) is 2.53. The maximum Gasteiger partial charge on any atom is 0.304 e. The third-order valence-corrected chi connectivity index (χ3v) is 2.83. The van der Waals surface area contributed by atoms with E-state index in [9.17, 15) is 4.79 Å². The van der Waals surface area contributed by atoms with Crippen LogP contribution in [0.2, 0.25) is 0 Å². The first kappa shape index (κ1) is 13.4. The van der Waals surface area contributed by atoms with Gasteiger partial charge < -0.3 is 10.0 Å². The molecule has 0 amide bonds. The van der Waals surface area contributed by atoms with Gasteiger partial charge in [-0.25, -0.2) is 0 Å². The summed E-state index contributed by atoms with van der Waals surface area (Å²) >= 11 is 0. The number of carbonyl (C=O) groups is 1. The van der Waals surface area contributed by atoms with Crippen molar-refractivity contribution in [3.63, 3.8) is 0 Å². The lowest BCUT2D eigenvalue weighted by Gasteiger charge is -2.25. The minimum Gasteiger partial charge on any atom is -0.481 e. The molecule has 0 spiro atoms. The average Bonchev–Trinajstić information content (AvgIpc) is 2.11. The Hall–Kier alpha value is -0.570. The van der Waals surface area contributed by atoms with Gasteiger partial charge in [0.1, 0.15) is 0 Å². The number of carboxylic acid groups (broad SMARTS) is 1. The molecule has 0 rings (SSSR count). The van der Waals surface area contributed by atoms with E-state index in [0.717, 1.165) is 13.0 Å². The summed E-state index contributed by atoms with van der Waals surface area (Å²) in [6.45, 7) is 8.32. The van der Waals surface area contributed by atoms with Gasteiger partial charge in [0, 0.05) is 6.54 Å². The van der Waals surface area contributed by atoms with Crippen molar-refractivity contribution in [2.24, 2.45) is 5.41 Å². The zero-order chi connectivity index (χ0) is 11.2. The predicted molar refractivity (Wildman–Crippen MR) is 58.4 cm³/mol. The van der Waals surface area contributed by atoms with E-state index < -0.39 is 5.97 Å². The molecule has 0 saturated heterocycles. The fourth-order valence-electron chi connectivity index (χ4n) is 1.07. The highest BCUT2D eigenvalue weighted by Gasteiger charge is 2.15. The molecule has 0 aromatic carbocycles. The summed E-state index contributed by atoms with van der Waals surface area (Å²) in [7, 11) is 1.98. The fraction of sp³-hybridized carbons (Fsp3) is 0.909. The van der Waals surface area contributed by atoms with Gasteiger partial charge in [0.15, 0.2) is 0 Å². The highest BCUT2D eigenvalue weighted by atomic mass is 16.4. The van der Waals surface area contributed by atoms with Crippen molar-refractivity contribution in [1.29, 1.82) is 0 Å². The van der Waals surface area contributed by atoms with Crippen LogP contribution in [0, 0.1) is 5.41 Å². The van der Waals surface area contributed by atoms with Crippen LogP contribution in [0.4, 0.5) is 0 Å². The third kappa shape index (κ3) is 6.89. The average molecular weight is 201 g/mol. The molecule has 1 N–H and O–H groups in total. The molecule has 0 bridgehead atoms. The van der Waals surface area contributed by atoms with Gasteiger partial charge in [-0.3, -0.25) is 4.79 Å². The molecule has 0 unspecified atom stereocenters.